The van der Waals surface area contributed by atoms with Crippen molar-refractivity contribution in [2.24, 2.45) is 11.8 Å². The highest BCUT2D eigenvalue weighted by molar-refractivity contribution is 5.41. The molecule has 0 radical (unpaired) electrons. The van der Waals surface area contributed by atoms with Crippen LogP contribution in [0.4, 0.5) is 0 Å². The van der Waals surface area contributed by atoms with Gasteiger partial charge in [0.05, 0.1) is 6.61 Å². The minimum absolute atomic E-state index is 0.194. The van der Waals surface area contributed by atoms with E-state index in [-0.39, 0.29) is 6.61 Å². The van der Waals surface area contributed by atoms with Gasteiger partial charge in [-0.25, -0.2) is 0 Å². The molecule has 0 bridgehead atoms. The standard InChI is InChI=1S/C16H24O/c1-3-4-15-9-14(8-7-13-5-6-13)10-16(15)12(2)11-17/h3-4,13-14,17H,1,5-11H2,2H3/b15-4-,16-12+. The summed E-state index contributed by atoms with van der Waals surface area (Å²) in [5.41, 5.74) is 3.95. The molecule has 94 valence electrons. The maximum atomic E-state index is 9.28. The van der Waals surface area contributed by atoms with Gasteiger partial charge in [-0.1, -0.05) is 38.0 Å². The van der Waals surface area contributed by atoms with E-state index in [1.165, 1.54) is 49.7 Å². The molecule has 2 rings (SSSR count). The minimum atomic E-state index is 0.194. The van der Waals surface area contributed by atoms with Gasteiger partial charge in [-0.05, 0) is 54.7 Å². The number of allylic oxidation sites excluding steroid dienone is 4. The molecule has 0 aromatic heterocycles. The van der Waals surface area contributed by atoms with Gasteiger partial charge in [-0.3, -0.25) is 0 Å². The van der Waals surface area contributed by atoms with E-state index in [1.807, 2.05) is 6.08 Å². The quantitative estimate of drug-likeness (QED) is 0.759. The van der Waals surface area contributed by atoms with Gasteiger partial charge < -0.3 is 5.11 Å². The summed E-state index contributed by atoms with van der Waals surface area (Å²) in [6.45, 7) is 6.04. The molecular formula is C16H24O. The third-order valence-electron chi connectivity index (χ3n) is 4.14. The molecule has 1 heteroatoms. The lowest BCUT2D eigenvalue weighted by atomic mass is 9.99. The van der Waals surface area contributed by atoms with Crippen molar-refractivity contribution >= 4 is 0 Å². The molecule has 0 aromatic rings. The van der Waals surface area contributed by atoms with Crippen LogP contribution in [-0.2, 0) is 0 Å². The second kappa shape index (κ2) is 5.68. The first kappa shape index (κ1) is 12.6. The van der Waals surface area contributed by atoms with Crippen molar-refractivity contribution in [3.05, 3.63) is 35.5 Å². The molecular weight excluding hydrogens is 208 g/mol. The van der Waals surface area contributed by atoms with Crippen LogP contribution in [0.2, 0.25) is 0 Å². The van der Waals surface area contributed by atoms with Crippen LogP contribution in [0, 0.1) is 11.8 Å². The van der Waals surface area contributed by atoms with E-state index in [0.717, 1.165) is 17.4 Å². The van der Waals surface area contributed by atoms with Crippen LogP contribution in [0.3, 0.4) is 0 Å². The second-order valence-electron chi connectivity index (χ2n) is 5.64. The molecule has 1 nitrogen and oxygen atoms in total. The number of rotatable bonds is 5. The Bertz CT molecular complexity index is 345. The molecule has 1 unspecified atom stereocenters. The summed E-state index contributed by atoms with van der Waals surface area (Å²) in [5.74, 6) is 1.84. The van der Waals surface area contributed by atoms with E-state index >= 15 is 0 Å². The molecule has 17 heavy (non-hydrogen) atoms. The Hall–Kier alpha value is -0.820. The fraction of sp³-hybridized carbons (Fsp3) is 0.625. The van der Waals surface area contributed by atoms with Crippen molar-refractivity contribution in [2.45, 2.75) is 45.4 Å². The zero-order valence-corrected chi connectivity index (χ0v) is 10.9. The van der Waals surface area contributed by atoms with Crippen molar-refractivity contribution in [2.75, 3.05) is 6.61 Å². The summed E-state index contributed by atoms with van der Waals surface area (Å²) in [7, 11) is 0. The highest BCUT2D eigenvalue weighted by Crippen LogP contribution is 2.42. The van der Waals surface area contributed by atoms with Crippen LogP contribution in [0.5, 0.6) is 0 Å². The number of hydrogen-bond donors (Lipinski definition) is 1. The highest BCUT2D eigenvalue weighted by atomic mass is 16.3. The third-order valence-corrected chi connectivity index (χ3v) is 4.14. The zero-order chi connectivity index (χ0) is 12.3. The first-order chi connectivity index (χ1) is 8.24. The Labute approximate surface area is 105 Å². The summed E-state index contributed by atoms with van der Waals surface area (Å²) in [5, 5.41) is 9.28. The largest absolute Gasteiger partial charge is 0.392 e. The number of aliphatic hydroxyl groups excluding tert-OH is 1. The Morgan fingerprint density at radius 3 is 2.59 bits per heavy atom. The van der Waals surface area contributed by atoms with E-state index in [1.54, 1.807) is 0 Å². The highest BCUT2D eigenvalue weighted by Gasteiger charge is 2.28. The van der Waals surface area contributed by atoms with Gasteiger partial charge in [0.1, 0.15) is 0 Å². The third kappa shape index (κ3) is 3.32. The molecule has 1 N–H and O–H groups in total. The SMILES string of the molecule is C=C/C=C1/CC(CCC2CC2)C/C1=C(/C)CO. The smallest absolute Gasteiger partial charge is 0.0644 e. The normalized spacial score (nSPS) is 29.8. The van der Waals surface area contributed by atoms with Gasteiger partial charge in [-0.2, -0.15) is 0 Å². The van der Waals surface area contributed by atoms with Crippen LogP contribution in [0.1, 0.15) is 45.4 Å². The molecule has 2 aliphatic rings. The van der Waals surface area contributed by atoms with Crippen LogP contribution < -0.4 is 0 Å². The topological polar surface area (TPSA) is 20.2 Å². The Morgan fingerprint density at radius 1 is 1.29 bits per heavy atom. The molecule has 0 spiro atoms. The van der Waals surface area contributed by atoms with Gasteiger partial charge >= 0.3 is 0 Å². The van der Waals surface area contributed by atoms with Gasteiger partial charge in [0, 0.05) is 0 Å². The monoisotopic (exact) mass is 232 g/mol. The molecule has 0 amide bonds. The van der Waals surface area contributed by atoms with Gasteiger partial charge in [0.2, 0.25) is 0 Å². The molecule has 0 saturated heterocycles. The van der Waals surface area contributed by atoms with Crippen LogP contribution in [0.25, 0.3) is 0 Å². The fourth-order valence-electron chi connectivity index (χ4n) is 2.86. The van der Waals surface area contributed by atoms with Crippen LogP contribution >= 0.6 is 0 Å². The van der Waals surface area contributed by atoms with E-state index < -0.39 is 0 Å². The van der Waals surface area contributed by atoms with Gasteiger partial charge in [0.15, 0.2) is 0 Å². The fourth-order valence-corrected chi connectivity index (χ4v) is 2.86. The van der Waals surface area contributed by atoms with E-state index in [4.69, 9.17) is 0 Å². The first-order valence-electron chi connectivity index (χ1n) is 6.86. The van der Waals surface area contributed by atoms with Crippen molar-refractivity contribution in [1.82, 2.24) is 0 Å². The van der Waals surface area contributed by atoms with Crippen molar-refractivity contribution < 1.29 is 5.11 Å². The molecule has 2 aliphatic carbocycles. The van der Waals surface area contributed by atoms with E-state index in [9.17, 15) is 5.11 Å². The second-order valence-corrected chi connectivity index (χ2v) is 5.64. The van der Waals surface area contributed by atoms with Crippen LogP contribution in [0.15, 0.2) is 35.5 Å². The summed E-state index contributed by atoms with van der Waals surface area (Å²) in [4.78, 5) is 0. The summed E-state index contributed by atoms with van der Waals surface area (Å²) in [6.07, 6.45) is 12.1. The Kier molecular flexibility index (Phi) is 4.22. The first-order valence-corrected chi connectivity index (χ1v) is 6.86. The maximum Gasteiger partial charge on any atom is 0.0644 e. The zero-order valence-electron chi connectivity index (χ0n) is 10.9. The molecule has 0 aromatic carbocycles. The van der Waals surface area contributed by atoms with E-state index in [0.29, 0.717) is 0 Å². The summed E-state index contributed by atoms with van der Waals surface area (Å²) in [6, 6.07) is 0. The molecule has 2 fully saturated rings. The van der Waals surface area contributed by atoms with Gasteiger partial charge in [0.25, 0.3) is 0 Å². The lowest BCUT2D eigenvalue weighted by Gasteiger charge is -2.07. The number of hydrogen-bond acceptors (Lipinski definition) is 1. The predicted octanol–water partition coefficient (Wildman–Crippen LogP) is 4.01. The summed E-state index contributed by atoms with van der Waals surface area (Å²) < 4.78 is 0. The van der Waals surface area contributed by atoms with Crippen molar-refractivity contribution in [3.63, 3.8) is 0 Å². The maximum absolute atomic E-state index is 9.28. The summed E-state index contributed by atoms with van der Waals surface area (Å²) >= 11 is 0. The molecule has 2 saturated carbocycles. The van der Waals surface area contributed by atoms with Crippen molar-refractivity contribution in [3.8, 4) is 0 Å². The average molecular weight is 232 g/mol. The molecule has 1 atom stereocenters. The van der Waals surface area contributed by atoms with Gasteiger partial charge in [-0.15, -0.1) is 0 Å². The number of aliphatic hydroxyl groups is 1. The Balaban J connectivity index is 2.00. The molecule has 0 aliphatic heterocycles. The lowest BCUT2D eigenvalue weighted by Crippen LogP contribution is -1.95. The lowest BCUT2D eigenvalue weighted by molar-refractivity contribution is 0.330. The van der Waals surface area contributed by atoms with Crippen molar-refractivity contribution in [1.29, 1.82) is 0 Å². The van der Waals surface area contributed by atoms with E-state index in [2.05, 4.69) is 19.6 Å². The predicted molar refractivity (Wildman–Crippen MR) is 72.7 cm³/mol. The average Bonchev–Trinajstić information content (AvgIpc) is 3.08. The van der Waals surface area contributed by atoms with Crippen LogP contribution in [-0.4, -0.2) is 11.7 Å². The molecule has 0 heterocycles. The minimum Gasteiger partial charge on any atom is -0.392 e. The Morgan fingerprint density at radius 2 is 2.00 bits per heavy atom.